The van der Waals surface area contributed by atoms with Crippen LogP contribution in [0, 0.1) is 0 Å². The highest BCUT2D eigenvalue weighted by molar-refractivity contribution is 7.10. The van der Waals surface area contributed by atoms with Gasteiger partial charge < -0.3 is 4.90 Å². The molecule has 0 spiro atoms. The first-order valence-corrected chi connectivity index (χ1v) is 8.49. The first kappa shape index (κ1) is 14.9. The number of amides is 1. The minimum absolute atomic E-state index is 0.0766. The van der Waals surface area contributed by atoms with Crippen LogP contribution in [0.25, 0.3) is 0 Å². The number of thiophene rings is 1. The molecule has 1 aromatic rings. The molecule has 1 aliphatic rings. The Labute approximate surface area is 124 Å². The Bertz CT molecular complexity index is 430. The Morgan fingerprint density at radius 1 is 1.58 bits per heavy atom. The van der Waals surface area contributed by atoms with Gasteiger partial charge in [0.05, 0.1) is 5.92 Å². The van der Waals surface area contributed by atoms with Gasteiger partial charge in [-0.1, -0.05) is 0 Å². The zero-order valence-corrected chi connectivity index (χ0v) is 13.3. The number of hydrogen-bond donors (Lipinski definition) is 0. The van der Waals surface area contributed by atoms with Gasteiger partial charge in [0.15, 0.2) is 0 Å². The maximum atomic E-state index is 12.8. The van der Waals surface area contributed by atoms with E-state index in [0.29, 0.717) is 11.8 Å². The summed E-state index contributed by atoms with van der Waals surface area (Å²) in [5.41, 5.74) is 1.28. The molecule has 106 valence electrons. The van der Waals surface area contributed by atoms with Gasteiger partial charge in [0, 0.05) is 23.3 Å². The third-order valence-corrected chi connectivity index (χ3v) is 5.05. The molecule has 1 atom stereocenters. The van der Waals surface area contributed by atoms with Crippen LogP contribution in [0.3, 0.4) is 0 Å². The molecule has 4 heteroatoms. The van der Waals surface area contributed by atoms with Crippen LogP contribution in [0.2, 0.25) is 0 Å². The lowest BCUT2D eigenvalue weighted by atomic mass is 9.86. The second-order valence-electron chi connectivity index (χ2n) is 5.41. The lowest BCUT2D eigenvalue weighted by Crippen LogP contribution is -2.41. The van der Waals surface area contributed by atoms with E-state index in [4.69, 9.17) is 11.6 Å². The molecular weight excluding hydrogens is 278 g/mol. The van der Waals surface area contributed by atoms with E-state index in [-0.39, 0.29) is 12.0 Å². The third-order valence-electron chi connectivity index (χ3n) is 3.79. The molecule has 1 amide bonds. The summed E-state index contributed by atoms with van der Waals surface area (Å²) in [6.45, 7) is 4.95. The molecule has 0 saturated heterocycles. The van der Waals surface area contributed by atoms with Crippen LogP contribution in [0.15, 0.2) is 11.4 Å². The van der Waals surface area contributed by atoms with Crippen molar-refractivity contribution < 1.29 is 4.79 Å². The monoisotopic (exact) mass is 299 g/mol. The Balaban J connectivity index is 2.14. The van der Waals surface area contributed by atoms with Gasteiger partial charge in [0.1, 0.15) is 0 Å². The maximum Gasteiger partial charge on any atom is 0.230 e. The predicted molar refractivity (Wildman–Crippen MR) is 82.2 cm³/mol. The average molecular weight is 300 g/mol. The lowest BCUT2D eigenvalue weighted by Gasteiger charge is -2.32. The van der Waals surface area contributed by atoms with E-state index in [9.17, 15) is 4.79 Å². The maximum absolute atomic E-state index is 12.8. The van der Waals surface area contributed by atoms with Crippen LogP contribution >= 0.6 is 22.9 Å². The Morgan fingerprint density at radius 3 is 3.05 bits per heavy atom. The largest absolute Gasteiger partial charge is 0.340 e. The minimum atomic E-state index is 0.0766. The van der Waals surface area contributed by atoms with Crippen LogP contribution in [-0.4, -0.2) is 29.3 Å². The minimum Gasteiger partial charge on any atom is -0.340 e. The van der Waals surface area contributed by atoms with E-state index in [0.717, 1.165) is 32.2 Å². The molecule has 0 fully saturated rings. The summed E-state index contributed by atoms with van der Waals surface area (Å²) in [6, 6.07) is 2.39. The summed E-state index contributed by atoms with van der Waals surface area (Å²) >= 11 is 7.56. The van der Waals surface area contributed by atoms with Crippen molar-refractivity contribution in [2.45, 2.75) is 51.5 Å². The molecule has 1 unspecified atom stereocenters. The van der Waals surface area contributed by atoms with E-state index in [1.54, 1.807) is 11.3 Å². The fraction of sp³-hybridized carbons (Fsp3) is 0.667. The van der Waals surface area contributed by atoms with Gasteiger partial charge in [0.2, 0.25) is 5.91 Å². The summed E-state index contributed by atoms with van der Waals surface area (Å²) in [4.78, 5) is 16.2. The van der Waals surface area contributed by atoms with Gasteiger partial charge in [-0.3, -0.25) is 4.79 Å². The van der Waals surface area contributed by atoms with Gasteiger partial charge >= 0.3 is 0 Å². The summed E-state index contributed by atoms with van der Waals surface area (Å²) < 4.78 is 0. The number of carbonyl (C=O) groups is 1. The Hall–Kier alpha value is -0.540. The topological polar surface area (TPSA) is 20.3 Å². The molecule has 19 heavy (non-hydrogen) atoms. The molecule has 0 saturated carbocycles. The quantitative estimate of drug-likeness (QED) is 0.752. The van der Waals surface area contributed by atoms with E-state index in [1.165, 1.54) is 10.4 Å². The highest BCUT2D eigenvalue weighted by atomic mass is 35.5. The van der Waals surface area contributed by atoms with Crippen molar-refractivity contribution in [3.8, 4) is 0 Å². The van der Waals surface area contributed by atoms with Gasteiger partial charge in [-0.05, 0) is 56.5 Å². The van der Waals surface area contributed by atoms with Crippen molar-refractivity contribution in [3.63, 3.8) is 0 Å². The Morgan fingerprint density at radius 2 is 2.37 bits per heavy atom. The van der Waals surface area contributed by atoms with E-state index in [1.807, 2.05) is 4.90 Å². The zero-order chi connectivity index (χ0) is 13.8. The molecule has 1 heterocycles. The lowest BCUT2D eigenvalue weighted by molar-refractivity contribution is -0.134. The van der Waals surface area contributed by atoms with E-state index < -0.39 is 0 Å². The number of aryl methyl sites for hydroxylation is 1. The number of carbonyl (C=O) groups excluding carboxylic acids is 1. The van der Waals surface area contributed by atoms with Crippen LogP contribution in [0.5, 0.6) is 0 Å². The number of hydrogen-bond acceptors (Lipinski definition) is 2. The predicted octanol–water partition coefficient (Wildman–Crippen LogP) is 4.03. The summed E-state index contributed by atoms with van der Waals surface area (Å²) in [6.07, 6.45) is 4.13. The molecule has 0 N–H and O–H groups in total. The zero-order valence-electron chi connectivity index (χ0n) is 11.7. The highest BCUT2D eigenvalue weighted by Crippen LogP contribution is 2.36. The molecule has 0 radical (unpaired) electrons. The van der Waals surface area contributed by atoms with Gasteiger partial charge in [-0.15, -0.1) is 22.9 Å². The fourth-order valence-corrected chi connectivity index (χ4v) is 3.90. The molecule has 0 bridgehead atoms. The van der Waals surface area contributed by atoms with Gasteiger partial charge in [-0.25, -0.2) is 0 Å². The summed E-state index contributed by atoms with van der Waals surface area (Å²) in [5.74, 6) is 0.984. The summed E-state index contributed by atoms with van der Waals surface area (Å²) in [7, 11) is 0. The van der Waals surface area contributed by atoms with Crippen LogP contribution in [0.1, 0.15) is 49.5 Å². The molecule has 1 aromatic heterocycles. The van der Waals surface area contributed by atoms with E-state index in [2.05, 4.69) is 25.3 Å². The van der Waals surface area contributed by atoms with Gasteiger partial charge in [0.25, 0.3) is 0 Å². The normalized spacial score (nSPS) is 18.4. The standard InChI is InChI=1S/C15H22ClNOS/c1-11(2)17(9-4-8-16)15(18)13-5-3-6-14-12(13)7-10-19-14/h7,10-11,13H,3-6,8-9H2,1-2H3. The second-order valence-corrected chi connectivity index (χ2v) is 6.79. The number of alkyl halides is 1. The number of fused-ring (bicyclic) bond motifs is 1. The SMILES string of the molecule is CC(C)N(CCCCl)C(=O)C1CCCc2sccc21. The molecule has 2 nitrogen and oxygen atoms in total. The Kier molecular flexibility index (Phi) is 5.28. The van der Waals surface area contributed by atoms with Crippen molar-refractivity contribution in [3.05, 3.63) is 21.9 Å². The number of rotatable bonds is 5. The van der Waals surface area contributed by atoms with Crippen molar-refractivity contribution in [1.82, 2.24) is 4.90 Å². The van der Waals surface area contributed by atoms with Gasteiger partial charge in [-0.2, -0.15) is 0 Å². The second kappa shape index (κ2) is 6.76. The van der Waals surface area contributed by atoms with Crippen molar-refractivity contribution >= 4 is 28.8 Å². The molecule has 0 aromatic carbocycles. The molecule has 2 rings (SSSR count). The van der Waals surface area contributed by atoms with Crippen LogP contribution < -0.4 is 0 Å². The smallest absolute Gasteiger partial charge is 0.230 e. The fourth-order valence-electron chi connectivity index (χ4n) is 2.80. The number of nitrogens with zero attached hydrogens (tertiary/aromatic N) is 1. The first-order chi connectivity index (χ1) is 9.15. The van der Waals surface area contributed by atoms with Crippen molar-refractivity contribution in [2.24, 2.45) is 0 Å². The van der Waals surface area contributed by atoms with E-state index >= 15 is 0 Å². The van der Waals surface area contributed by atoms with Crippen molar-refractivity contribution in [2.75, 3.05) is 12.4 Å². The van der Waals surface area contributed by atoms with Crippen LogP contribution in [0.4, 0.5) is 0 Å². The van der Waals surface area contributed by atoms with Crippen molar-refractivity contribution in [1.29, 1.82) is 0 Å². The number of halogens is 1. The van der Waals surface area contributed by atoms with Crippen LogP contribution in [-0.2, 0) is 11.2 Å². The molecule has 1 aliphatic carbocycles. The average Bonchev–Trinajstić information content (AvgIpc) is 2.86. The molecule has 0 aliphatic heterocycles. The third kappa shape index (κ3) is 3.32. The first-order valence-electron chi connectivity index (χ1n) is 7.08. The highest BCUT2D eigenvalue weighted by Gasteiger charge is 2.31. The molecular formula is C15H22ClNOS. The summed E-state index contributed by atoms with van der Waals surface area (Å²) in [5, 5.41) is 2.12.